The van der Waals surface area contributed by atoms with Crippen LogP contribution in [0.25, 0.3) is 0 Å². The molecule has 3 N–H and O–H groups in total. The van der Waals surface area contributed by atoms with Gasteiger partial charge in [0.15, 0.2) is 12.2 Å². The number of esters is 4. The van der Waals surface area contributed by atoms with E-state index in [-0.39, 0.29) is 25.7 Å². The molecule has 0 heterocycles. The number of carbonyl (C=O) groups excluding carboxylic acids is 4. The van der Waals surface area contributed by atoms with E-state index in [2.05, 4.69) is 34.6 Å². The predicted molar refractivity (Wildman–Crippen MR) is 432 cm³/mol. The number of phosphoric ester groups is 2. The van der Waals surface area contributed by atoms with Gasteiger partial charge in [0.25, 0.3) is 0 Å². The van der Waals surface area contributed by atoms with E-state index in [9.17, 15) is 43.2 Å². The maximum absolute atomic E-state index is 13.1. The molecule has 0 radical (unpaired) electrons. The van der Waals surface area contributed by atoms with E-state index in [0.29, 0.717) is 25.7 Å². The van der Waals surface area contributed by atoms with Gasteiger partial charge in [-0.1, -0.05) is 413 Å². The maximum Gasteiger partial charge on any atom is 0.472 e. The number of rotatable bonds is 86. The van der Waals surface area contributed by atoms with Crippen LogP contribution >= 0.6 is 15.6 Å². The fourth-order valence-electron chi connectivity index (χ4n) is 13.5. The molecule has 0 aromatic heterocycles. The van der Waals surface area contributed by atoms with E-state index in [1.54, 1.807) is 0 Å². The molecule has 0 rings (SSSR count). The van der Waals surface area contributed by atoms with Gasteiger partial charge >= 0.3 is 39.5 Å². The van der Waals surface area contributed by atoms with Crippen molar-refractivity contribution in [2.24, 2.45) is 5.92 Å². The van der Waals surface area contributed by atoms with Crippen LogP contribution in [0.1, 0.15) is 465 Å². The Morgan fingerprint density at radius 1 is 0.257 bits per heavy atom. The van der Waals surface area contributed by atoms with Gasteiger partial charge in [0.1, 0.15) is 19.3 Å². The van der Waals surface area contributed by atoms with Crippen LogP contribution in [0.5, 0.6) is 0 Å². The molecule has 0 aliphatic carbocycles. The van der Waals surface area contributed by atoms with Crippen molar-refractivity contribution < 1.29 is 80.2 Å². The molecule has 17 nitrogen and oxygen atoms in total. The third-order valence-corrected chi connectivity index (χ3v) is 22.2. The Bertz CT molecular complexity index is 2000. The highest BCUT2D eigenvalue weighted by Gasteiger charge is 2.30. The van der Waals surface area contributed by atoms with Gasteiger partial charge in [-0.3, -0.25) is 37.3 Å². The van der Waals surface area contributed by atoms with Crippen molar-refractivity contribution in [2.45, 2.75) is 483 Å². The summed E-state index contributed by atoms with van der Waals surface area (Å²) in [6, 6.07) is 0. The van der Waals surface area contributed by atoms with Crippen molar-refractivity contribution >= 4 is 39.5 Å². The zero-order valence-electron chi connectivity index (χ0n) is 68.9. The standard InChI is InChI=1S/C86H168O17P2/c1-6-9-12-15-17-19-21-23-25-27-29-30-31-33-35-41-45-49-53-57-62-67-72-86(91)103-82(76-97-84(89)70-65-60-55-51-47-43-39-37-36-38-42-46-50-54-59-63-68-79(4)5)78-101-105(94,95)99-74-80(87)73-98-104(92,93)100-77-81(75-96-83(88)69-64-58-14-11-8-3)102-85(90)71-66-61-56-52-48-44-40-34-32-28-26-24-22-20-18-16-13-10-7-2/h79-82,87H,6-78H2,1-5H3,(H,92,93)(H,94,95)/t80-,81+,82+/m0/s1. The third-order valence-electron chi connectivity index (χ3n) is 20.3. The number of aliphatic hydroxyl groups is 1. The summed E-state index contributed by atoms with van der Waals surface area (Å²) in [4.78, 5) is 72.9. The normalized spacial score (nSPS) is 13.8. The van der Waals surface area contributed by atoms with Gasteiger partial charge in [-0.15, -0.1) is 0 Å². The molecule has 0 amide bonds. The van der Waals surface area contributed by atoms with E-state index >= 15 is 0 Å². The van der Waals surface area contributed by atoms with Crippen LogP contribution in [0.2, 0.25) is 0 Å². The van der Waals surface area contributed by atoms with Crippen LogP contribution in [-0.2, 0) is 65.4 Å². The summed E-state index contributed by atoms with van der Waals surface area (Å²) in [5, 5.41) is 10.6. The molecule has 0 saturated carbocycles. The van der Waals surface area contributed by atoms with Crippen LogP contribution < -0.4 is 0 Å². The zero-order chi connectivity index (χ0) is 76.9. The molecule has 105 heavy (non-hydrogen) atoms. The molecule has 0 saturated heterocycles. The predicted octanol–water partition coefficient (Wildman–Crippen LogP) is 26.4. The van der Waals surface area contributed by atoms with Crippen LogP contribution in [0.4, 0.5) is 0 Å². The monoisotopic (exact) mass is 1540 g/mol. The van der Waals surface area contributed by atoms with Crippen LogP contribution in [0.15, 0.2) is 0 Å². The highest BCUT2D eigenvalue weighted by molar-refractivity contribution is 7.47. The molecule has 0 bridgehead atoms. The average molecular weight is 1540 g/mol. The fraction of sp³-hybridized carbons (Fsp3) is 0.953. The fourth-order valence-corrected chi connectivity index (χ4v) is 15.1. The number of hydrogen-bond donors (Lipinski definition) is 3. The van der Waals surface area contributed by atoms with Crippen molar-refractivity contribution in [2.75, 3.05) is 39.6 Å². The summed E-state index contributed by atoms with van der Waals surface area (Å²) in [7, 11) is -9.92. The zero-order valence-corrected chi connectivity index (χ0v) is 70.7. The van der Waals surface area contributed by atoms with Crippen molar-refractivity contribution in [1.82, 2.24) is 0 Å². The van der Waals surface area contributed by atoms with Crippen molar-refractivity contribution in [3.8, 4) is 0 Å². The number of carbonyl (C=O) groups is 4. The highest BCUT2D eigenvalue weighted by Crippen LogP contribution is 2.45. The third kappa shape index (κ3) is 79.9. The molecule has 0 aromatic rings. The number of hydrogen-bond acceptors (Lipinski definition) is 15. The molecule has 0 aromatic carbocycles. The maximum atomic E-state index is 13.1. The molecule has 19 heteroatoms. The van der Waals surface area contributed by atoms with Crippen LogP contribution in [-0.4, -0.2) is 96.7 Å². The molecule has 0 fully saturated rings. The Morgan fingerprint density at radius 3 is 0.648 bits per heavy atom. The quantitative estimate of drug-likeness (QED) is 0.0222. The van der Waals surface area contributed by atoms with Crippen molar-refractivity contribution in [1.29, 1.82) is 0 Å². The molecule has 5 atom stereocenters. The second-order valence-electron chi connectivity index (χ2n) is 31.4. The second-order valence-corrected chi connectivity index (χ2v) is 34.3. The van der Waals surface area contributed by atoms with Gasteiger partial charge in [0.05, 0.1) is 26.4 Å². The Labute approximate surface area is 645 Å². The number of phosphoric acid groups is 2. The second kappa shape index (κ2) is 78.7. The molecule has 0 aliphatic heterocycles. The van der Waals surface area contributed by atoms with Crippen LogP contribution in [0, 0.1) is 5.92 Å². The van der Waals surface area contributed by atoms with Crippen molar-refractivity contribution in [3.05, 3.63) is 0 Å². The Balaban J connectivity index is 5.09. The van der Waals surface area contributed by atoms with E-state index in [4.69, 9.17) is 37.0 Å². The van der Waals surface area contributed by atoms with Gasteiger partial charge in [-0.2, -0.15) is 0 Å². The summed E-state index contributed by atoms with van der Waals surface area (Å²) < 4.78 is 68.6. The van der Waals surface area contributed by atoms with Gasteiger partial charge in [-0.05, 0) is 31.6 Å². The lowest BCUT2D eigenvalue weighted by molar-refractivity contribution is -0.161. The van der Waals surface area contributed by atoms with E-state index in [1.165, 1.54) is 283 Å². The van der Waals surface area contributed by atoms with Gasteiger partial charge in [0.2, 0.25) is 0 Å². The largest absolute Gasteiger partial charge is 0.472 e. The lowest BCUT2D eigenvalue weighted by Gasteiger charge is -2.21. The van der Waals surface area contributed by atoms with E-state index in [1.807, 2.05) is 0 Å². The number of aliphatic hydroxyl groups excluding tert-OH is 1. The molecular formula is C86H168O17P2. The van der Waals surface area contributed by atoms with Crippen LogP contribution in [0.3, 0.4) is 0 Å². The first-order chi connectivity index (χ1) is 51.0. The van der Waals surface area contributed by atoms with E-state index in [0.717, 1.165) is 102 Å². The minimum atomic E-state index is -4.96. The summed E-state index contributed by atoms with van der Waals surface area (Å²) in [5.74, 6) is -1.30. The lowest BCUT2D eigenvalue weighted by Crippen LogP contribution is -2.30. The molecule has 0 spiro atoms. The lowest BCUT2D eigenvalue weighted by atomic mass is 10.0. The van der Waals surface area contributed by atoms with E-state index < -0.39 is 97.5 Å². The first-order valence-corrected chi connectivity index (χ1v) is 47.6. The average Bonchev–Trinajstić information content (AvgIpc) is 0.975. The topological polar surface area (TPSA) is 237 Å². The minimum absolute atomic E-state index is 0.108. The highest BCUT2D eigenvalue weighted by atomic mass is 31.2. The van der Waals surface area contributed by atoms with Crippen molar-refractivity contribution in [3.63, 3.8) is 0 Å². The van der Waals surface area contributed by atoms with Gasteiger partial charge < -0.3 is 33.8 Å². The summed E-state index contributed by atoms with van der Waals surface area (Å²) >= 11 is 0. The Morgan fingerprint density at radius 2 is 0.438 bits per heavy atom. The minimum Gasteiger partial charge on any atom is -0.462 e. The Kier molecular flexibility index (Phi) is 77.3. The summed E-state index contributed by atoms with van der Waals surface area (Å²) in [5.41, 5.74) is 0. The summed E-state index contributed by atoms with van der Waals surface area (Å²) in [6.45, 7) is 7.30. The number of ether oxygens (including phenoxy) is 4. The molecule has 624 valence electrons. The number of unbranched alkanes of at least 4 members (excludes halogenated alkanes) is 58. The SMILES string of the molecule is CCCCCCCCCCCCCCCCCCCCCCCCC(=O)O[C@H](COC(=O)CCCCCCCCCCCCCCCCCCC(C)C)COP(=O)(O)OC[C@@H](O)COP(=O)(O)OC[C@@H](COC(=O)CCCCCCC)OC(=O)CCCCCCCCCCCCCCCCCCCCC. The summed E-state index contributed by atoms with van der Waals surface area (Å²) in [6.07, 6.45) is 72.9. The smallest absolute Gasteiger partial charge is 0.462 e. The van der Waals surface area contributed by atoms with Gasteiger partial charge in [0, 0.05) is 25.7 Å². The Hall–Kier alpha value is -1.94. The van der Waals surface area contributed by atoms with Gasteiger partial charge in [-0.25, -0.2) is 9.13 Å². The first kappa shape index (κ1) is 103. The molecule has 0 aliphatic rings. The molecular weight excluding hydrogens is 1370 g/mol. The first-order valence-electron chi connectivity index (χ1n) is 44.6. The molecule has 2 unspecified atom stereocenters.